The topological polar surface area (TPSA) is 95.9 Å². The average molecular weight is 971 g/mol. The van der Waals surface area contributed by atoms with Crippen LogP contribution in [0.3, 0.4) is 0 Å². The molecule has 0 spiro atoms. The monoisotopic (exact) mass is 970 g/mol. The van der Waals surface area contributed by atoms with Gasteiger partial charge in [0, 0.05) is 12.8 Å². The lowest BCUT2D eigenvalue weighted by Gasteiger charge is -2.22. The fourth-order valence-corrected chi connectivity index (χ4v) is 9.43. The molecule has 0 fully saturated rings. The molecule has 2 unspecified atom stereocenters. The van der Waals surface area contributed by atoms with Crippen LogP contribution in [-0.2, 0) is 14.3 Å². The van der Waals surface area contributed by atoms with E-state index in [0.717, 1.165) is 51.4 Å². The van der Waals surface area contributed by atoms with Crippen LogP contribution in [0.4, 0.5) is 0 Å². The summed E-state index contributed by atoms with van der Waals surface area (Å²) in [5.74, 6) is -0.0377. The molecule has 0 rings (SSSR count). The van der Waals surface area contributed by atoms with Gasteiger partial charge in [-0.3, -0.25) is 9.59 Å². The lowest BCUT2D eigenvalue weighted by molar-refractivity contribution is -0.143. The molecule has 0 aliphatic carbocycles. The summed E-state index contributed by atoms with van der Waals surface area (Å²) in [4.78, 5) is 24.5. The molecular weight excluding hydrogens is 851 g/mol. The second-order valence-corrected chi connectivity index (χ2v) is 21.0. The molecule has 0 radical (unpaired) electrons. The van der Waals surface area contributed by atoms with E-state index in [1.165, 1.54) is 244 Å². The van der Waals surface area contributed by atoms with Gasteiger partial charge in [0.05, 0.1) is 25.4 Å². The molecule has 69 heavy (non-hydrogen) atoms. The molecule has 0 aliphatic heterocycles. The molecule has 0 aliphatic rings. The van der Waals surface area contributed by atoms with Crippen LogP contribution in [0.1, 0.15) is 328 Å². The van der Waals surface area contributed by atoms with Crippen molar-refractivity contribution in [2.45, 2.75) is 341 Å². The Morgan fingerprint density at radius 1 is 0.406 bits per heavy atom. The summed E-state index contributed by atoms with van der Waals surface area (Å²) in [5, 5.41) is 23.2. The Bertz CT molecular complexity index is 1120. The quantitative estimate of drug-likeness (QED) is 0.0321. The first-order chi connectivity index (χ1) is 34.0. The maximum Gasteiger partial charge on any atom is 0.305 e. The molecule has 2 atom stereocenters. The second-order valence-electron chi connectivity index (χ2n) is 21.0. The van der Waals surface area contributed by atoms with Crippen LogP contribution in [0.2, 0.25) is 0 Å². The van der Waals surface area contributed by atoms with Gasteiger partial charge in [-0.25, -0.2) is 0 Å². The number of hydrogen-bond donors (Lipinski definition) is 3. The molecule has 3 N–H and O–H groups in total. The average Bonchev–Trinajstić information content (AvgIpc) is 3.35. The highest BCUT2D eigenvalue weighted by Crippen LogP contribution is 2.17. The van der Waals surface area contributed by atoms with Gasteiger partial charge in [0.15, 0.2) is 0 Å². The second kappa shape index (κ2) is 58.6. The summed E-state index contributed by atoms with van der Waals surface area (Å²) < 4.78 is 5.49. The van der Waals surface area contributed by atoms with Gasteiger partial charge in [-0.05, 0) is 83.5 Å². The first kappa shape index (κ1) is 67.1. The van der Waals surface area contributed by atoms with E-state index < -0.39 is 12.1 Å². The van der Waals surface area contributed by atoms with Gasteiger partial charge < -0.3 is 20.3 Å². The third-order valence-corrected chi connectivity index (χ3v) is 14.2. The molecule has 0 aromatic carbocycles. The zero-order chi connectivity index (χ0) is 50.0. The minimum absolute atomic E-state index is 0.00370. The molecule has 0 saturated carbocycles. The maximum absolute atomic E-state index is 12.5. The zero-order valence-corrected chi connectivity index (χ0v) is 46.3. The number of allylic oxidation sites excluding steroid dienone is 6. The highest BCUT2D eigenvalue weighted by Gasteiger charge is 2.20. The van der Waals surface area contributed by atoms with E-state index in [1.807, 2.05) is 0 Å². The van der Waals surface area contributed by atoms with Crippen LogP contribution in [0.25, 0.3) is 0 Å². The van der Waals surface area contributed by atoms with Gasteiger partial charge in [0.1, 0.15) is 0 Å². The predicted molar refractivity (Wildman–Crippen MR) is 301 cm³/mol. The summed E-state index contributed by atoms with van der Waals surface area (Å²) in [6, 6.07) is -0.545. The van der Waals surface area contributed by atoms with Crippen molar-refractivity contribution in [1.82, 2.24) is 5.32 Å². The molecule has 0 saturated heterocycles. The van der Waals surface area contributed by atoms with Crippen molar-refractivity contribution in [3.63, 3.8) is 0 Å². The molecule has 0 bridgehead atoms. The predicted octanol–water partition coefficient (Wildman–Crippen LogP) is 19.2. The Hall–Kier alpha value is -1.92. The lowest BCUT2D eigenvalue weighted by Crippen LogP contribution is -2.45. The largest absolute Gasteiger partial charge is 0.466 e. The highest BCUT2D eigenvalue weighted by atomic mass is 16.5. The summed E-state index contributed by atoms with van der Waals surface area (Å²) in [5.41, 5.74) is 0. The van der Waals surface area contributed by atoms with Gasteiger partial charge >= 0.3 is 5.97 Å². The van der Waals surface area contributed by atoms with Gasteiger partial charge in [0.2, 0.25) is 5.91 Å². The standard InChI is InChI=1S/C63H119NO5/c1-3-5-7-9-11-13-15-17-18-26-30-33-37-41-45-49-53-57-63(68)69-58-54-50-46-42-38-34-31-28-25-23-21-19-20-22-24-27-29-32-36-40-44-48-52-56-62(67)64-60(59-65)61(66)55-51-47-43-39-35-16-14-12-10-8-6-4-2/h11,13,17-18,22,24,60-61,65-66H,3-10,12,14-16,19-21,23,25-59H2,1-2H3,(H,64,67)/b13-11-,18-17-,24-22-. The van der Waals surface area contributed by atoms with Gasteiger partial charge in [0.25, 0.3) is 0 Å². The number of rotatable bonds is 57. The number of aliphatic hydroxyl groups excluding tert-OH is 2. The van der Waals surface area contributed by atoms with E-state index in [1.54, 1.807) is 0 Å². The van der Waals surface area contributed by atoms with Crippen molar-refractivity contribution in [3.8, 4) is 0 Å². The molecule has 1 amide bonds. The van der Waals surface area contributed by atoms with Crippen molar-refractivity contribution in [2.75, 3.05) is 13.2 Å². The summed E-state index contributed by atoms with van der Waals surface area (Å²) in [7, 11) is 0. The smallest absolute Gasteiger partial charge is 0.305 e. The Labute approximate surface area is 430 Å². The molecule has 0 heterocycles. The number of aliphatic hydroxyl groups is 2. The Kier molecular flexibility index (Phi) is 57.0. The Balaban J connectivity index is 3.39. The van der Waals surface area contributed by atoms with E-state index in [4.69, 9.17) is 4.74 Å². The molecule has 0 aromatic rings. The van der Waals surface area contributed by atoms with Crippen LogP contribution in [0.5, 0.6) is 0 Å². The number of unbranched alkanes of at least 4 members (excludes halogenated alkanes) is 40. The minimum Gasteiger partial charge on any atom is -0.466 e. The zero-order valence-electron chi connectivity index (χ0n) is 46.3. The normalized spacial score (nSPS) is 12.8. The summed E-state index contributed by atoms with van der Waals surface area (Å²) in [6.45, 7) is 4.92. The number of hydrogen-bond acceptors (Lipinski definition) is 5. The van der Waals surface area contributed by atoms with Crippen LogP contribution < -0.4 is 5.32 Å². The SMILES string of the molecule is CCCCC/C=C\C/C=C\CCCCCCCCCC(=O)OCCCCCCCCCCCCCC/C=C\CCCCCCCCCC(=O)NC(CO)C(O)CCCCCCCCCCCCCC. The van der Waals surface area contributed by atoms with Crippen molar-refractivity contribution in [3.05, 3.63) is 36.5 Å². The molecule has 6 nitrogen and oxygen atoms in total. The Morgan fingerprint density at radius 2 is 0.725 bits per heavy atom. The van der Waals surface area contributed by atoms with Crippen LogP contribution in [-0.4, -0.2) is 47.4 Å². The van der Waals surface area contributed by atoms with Gasteiger partial charge in [-0.1, -0.05) is 269 Å². The number of esters is 1. The van der Waals surface area contributed by atoms with E-state index in [9.17, 15) is 19.8 Å². The highest BCUT2D eigenvalue weighted by molar-refractivity contribution is 5.76. The molecule has 6 heteroatoms. The fourth-order valence-electron chi connectivity index (χ4n) is 9.43. The van der Waals surface area contributed by atoms with Crippen LogP contribution in [0, 0.1) is 0 Å². The van der Waals surface area contributed by atoms with E-state index in [2.05, 4.69) is 55.6 Å². The van der Waals surface area contributed by atoms with Crippen molar-refractivity contribution < 1.29 is 24.5 Å². The number of carbonyl (C=O) groups excluding carboxylic acids is 2. The summed E-state index contributed by atoms with van der Waals surface area (Å²) >= 11 is 0. The molecule has 0 aromatic heterocycles. The first-order valence-corrected chi connectivity index (χ1v) is 30.7. The fraction of sp³-hybridized carbons (Fsp3) is 0.873. The molecular formula is C63H119NO5. The van der Waals surface area contributed by atoms with Crippen LogP contribution >= 0.6 is 0 Å². The van der Waals surface area contributed by atoms with Gasteiger partial charge in [-0.2, -0.15) is 0 Å². The van der Waals surface area contributed by atoms with Gasteiger partial charge in [-0.15, -0.1) is 0 Å². The molecule has 406 valence electrons. The summed E-state index contributed by atoms with van der Waals surface area (Å²) in [6.07, 6.45) is 72.9. The van der Waals surface area contributed by atoms with E-state index in [0.29, 0.717) is 25.9 Å². The first-order valence-electron chi connectivity index (χ1n) is 30.7. The van der Waals surface area contributed by atoms with Crippen LogP contribution in [0.15, 0.2) is 36.5 Å². The number of amides is 1. The number of carbonyl (C=O) groups is 2. The third kappa shape index (κ3) is 55.2. The van der Waals surface area contributed by atoms with Crippen molar-refractivity contribution in [2.24, 2.45) is 0 Å². The number of ether oxygens (including phenoxy) is 1. The minimum atomic E-state index is -0.667. The van der Waals surface area contributed by atoms with E-state index in [-0.39, 0.29) is 18.5 Å². The maximum atomic E-state index is 12.5. The number of nitrogens with one attached hydrogen (secondary N) is 1. The lowest BCUT2D eigenvalue weighted by atomic mass is 10.0. The Morgan fingerprint density at radius 3 is 1.14 bits per heavy atom. The van der Waals surface area contributed by atoms with Crippen molar-refractivity contribution >= 4 is 11.9 Å². The van der Waals surface area contributed by atoms with Crippen molar-refractivity contribution in [1.29, 1.82) is 0 Å². The third-order valence-electron chi connectivity index (χ3n) is 14.2. The van der Waals surface area contributed by atoms with E-state index >= 15 is 0 Å².